The molecule has 0 aromatic heterocycles. The van der Waals surface area contributed by atoms with Crippen LogP contribution in [0, 0.1) is 23.7 Å². The Morgan fingerprint density at radius 1 is 1.22 bits per heavy atom. The summed E-state index contributed by atoms with van der Waals surface area (Å²) in [6.07, 6.45) is 2.62. The molecule has 0 radical (unpaired) electrons. The lowest BCUT2D eigenvalue weighted by Crippen LogP contribution is -2.70. The minimum Gasteiger partial charge on any atom is -0.388 e. The summed E-state index contributed by atoms with van der Waals surface area (Å²) >= 11 is 0. The lowest BCUT2D eigenvalue weighted by Gasteiger charge is -2.60. The van der Waals surface area contributed by atoms with Crippen molar-refractivity contribution in [2.45, 2.75) is 89.7 Å². The molecule has 0 aromatic rings. The van der Waals surface area contributed by atoms with Gasteiger partial charge in [0.15, 0.2) is 17.7 Å². The molecule has 4 aliphatic heterocycles. The molecule has 0 unspecified atom stereocenters. The maximum absolute atomic E-state index is 11.6. The Hall–Kier alpha value is -0.790. The molecule has 152 valence electrons. The van der Waals surface area contributed by atoms with Crippen LogP contribution in [0.2, 0.25) is 0 Å². The van der Waals surface area contributed by atoms with Crippen molar-refractivity contribution in [3.63, 3.8) is 0 Å². The zero-order valence-electron chi connectivity index (χ0n) is 16.8. The normalized spacial score (nSPS) is 49.8. The highest BCUT2D eigenvalue weighted by Crippen LogP contribution is 2.60. The Morgan fingerprint density at radius 3 is 2.67 bits per heavy atom. The summed E-state index contributed by atoms with van der Waals surface area (Å²) in [4.78, 5) is 23.5. The summed E-state index contributed by atoms with van der Waals surface area (Å²) in [5, 5.41) is 10.5. The topological polar surface area (TPSA) is 74.2 Å². The molecular formula is C21H32O6. The van der Waals surface area contributed by atoms with Gasteiger partial charge < -0.3 is 14.6 Å². The summed E-state index contributed by atoms with van der Waals surface area (Å²) in [5.74, 6) is 0.230. The quantitative estimate of drug-likeness (QED) is 0.597. The molecule has 0 aromatic carbocycles. The van der Waals surface area contributed by atoms with E-state index in [2.05, 4.69) is 20.4 Å². The number of rotatable bonds is 4. The van der Waals surface area contributed by atoms with E-state index in [4.69, 9.17) is 19.2 Å². The van der Waals surface area contributed by atoms with Crippen molar-refractivity contribution in [3.8, 4) is 0 Å². The Morgan fingerprint density at radius 2 is 1.96 bits per heavy atom. The molecule has 1 saturated carbocycles. The molecular weight excluding hydrogens is 348 g/mol. The number of aliphatic hydroxyl groups excluding tert-OH is 1. The molecule has 27 heavy (non-hydrogen) atoms. The highest BCUT2D eigenvalue weighted by molar-refractivity contribution is 5.93. The van der Waals surface area contributed by atoms with Crippen LogP contribution in [-0.2, 0) is 24.0 Å². The second-order valence-electron chi connectivity index (χ2n) is 9.28. The Bertz CT molecular complexity index is 634. The minimum atomic E-state index is -0.905. The Balaban J connectivity index is 1.64. The van der Waals surface area contributed by atoms with E-state index in [-0.39, 0.29) is 29.3 Å². The number of carbonyl (C=O) groups is 1. The van der Waals surface area contributed by atoms with E-state index in [1.54, 1.807) is 0 Å². The lowest BCUT2D eigenvalue weighted by molar-refractivity contribution is -0.571. The van der Waals surface area contributed by atoms with Gasteiger partial charge in [-0.2, -0.15) is 0 Å². The monoisotopic (exact) mass is 380 g/mol. The van der Waals surface area contributed by atoms with Gasteiger partial charge in [-0.3, -0.25) is 4.79 Å². The molecule has 2 bridgehead atoms. The predicted molar refractivity (Wildman–Crippen MR) is 97.3 cm³/mol. The van der Waals surface area contributed by atoms with Crippen LogP contribution < -0.4 is 0 Å². The molecule has 5 rings (SSSR count). The van der Waals surface area contributed by atoms with E-state index in [0.717, 1.165) is 25.7 Å². The van der Waals surface area contributed by atoms with Crippen LogP contribution in [0.15, 0.2) is 12.2 Å². The van der Waals surface area contributed by atoms with Gasteiger partial charge in [-0.15, -0.1) is 0 Å². The fraction of sp³-hybridized carbons (Fsp3) is 0.857. The number of aliphatic hydroxyl groups is 1. The van der Waals surface area contributed by atoms with E-state index in [1.807, 2.05) is 6.92 Å². The lowest BCUT2D eigenvalue weighted by atomic mass is 9.57. The first-order valence-corrected chi connectivity index (χ1v) is 10.3. The third-order valence-electron chi connectivity index (χ3n) is 7.60. The fourth-order valence-corrected chi connectivity index (χ4v) is 5.85. The standard InChI is InChI=1S/C21H32O6/c1-11-6-7-16-13(3)18(10-17(23)12(2)14(4)22)24-19-21(16)15(11)8-9-20(5,25-19)26-27-21/h11,13,15-19,23H,2,6-10H2,1,3-5H3/t11-,13-,15+,16+,17-,18-,19-,20+,21-/m1/s1. The summed E-state index contributed by atoms with van der Waals surface area (Å²) in [6, 6.07) is 0. The zero-order valence-corrected chi connectivity index (χ0v) is 16.8. The molecule has 1 N–H and O–H groups in total. The fourth-order valence-electron chi connectivity index (χ4n) is 5.85. The van der Waals surface area contributed by atoms with Gasteiger partial charge >= 0.3 is 0 Å². The van der Waals surface area contributed by atoms with Crippen LogP contribution in [0.3, 0.4) is 0 Å². The van der Waals surface area contributed by atoms with Crippen molar-refractivity contribution in [1.29, 1.82) is 0 Å². The third kappa shape index (κ3) is 2.92. The maximum Gasteiger partial charge on any atom is 0.201 e. The van der Waals surface area contributed by atoms with Gasteiger partial charge in [0.05, 0.1) is 12.2 Å². The van der Waals surface area contributed by atoms with Gasteiger partial charge in [-0.25, -0.2) is 9.78 Å². The third-order valence-corrected chi connectivity index (χ3v) is 7.60. The first-order valence-electron chi connectivity index (χ1n) is 10.3. The molecule has 1 spiro atoms. The highest BCUT2D eigenvalue weighted by atomic mass is 17.3. The van der Waals surface area contributed by atoms with Gasteiger partial charge in [-0.1, -0.05) is 20.4 Å². The molecule has 4 heterocycles. The Kier molecular flexibility index (Phi) is 4.79. The molecule has 4 saturated heterocycles. The van der Waals surface area contributed by atoms with Gasteiger partial charge in [0.1, 0.15) is 0 Å². The number of hydrogen-bond donors (Lipinski definition) is 1. The SMILES string of the molecule is C=C(C(C)=O)[C@H](O)C[C@H]1O[C@@H]2O[C@]3(C)CC[C@H]4[C@H](C)CC[C@@H]([C@H]1C)[C@@]24OO3. The molecule has 5 fully saturated rings. The van der Waals surface area contributed by atoms with Crippen LogP contribution in [0.25, 0.3) is 0 Å². The molecule has 5 aliphatic rings. The average molecular weight is 380 g/mol. The largest absolute Gasteiger partial charge is 0.388 e. The number of ketones is 1. The Labute approximate surface area is 161 Å². The van der Waals surface area contributed by atoms with E-state index >= 15 is 0 Å². The smallest absolute Gasteiger partial charge is 0.201 e. The van der Waals surface area contributed by atoms with Crippen LogP contribution in [0.1, 0.15) is 59.8 Å². The van der Waals surface area contributed by atoms with E-state index in [1.165, 1.54) is 6.92 Å². The zero-order chi connectivity index (χ0) is 19.6. The van der Waals surface area contributed by atoms with Crippen LogP contribution >= 0.6 is 0 Å². The first-order chi connectivity index (χ1) is 12.7. The van der Waals surface area contributed by atoms with Crippen molar-refractivity contribution < 1.29 is 29.1 Å². The van der Waals surface area contributed by atoms with Gasteiger partial charge in [0.2, 0.25) is 5.79 Å². The molecule has 9 atom stereocenters. The van der Waals surface area contributed by atoms with Crippen molar-refractivity contribution in [3.05, 3.63) is 12.2 Å². The highest BCUT2D eigenvalue weighted by Gasteiger charge is 2.69. The van der Waals surface area contributed by atoms with E-state index in [0.29, 0.717) is 18.3 Å². The van der Waals surface area contributed by atoms with Crippen molar-refractivity contribution in [1.82, 2.24) is 0 Å². The minimum absolute atomic E-state index is 0.153. The van der Waals surface area contributed by atoms with Crippen LogP contribution in [0.5, 0.6) is 0 Å². The number of ether oxygens (including phenoxy) is 2. The summed E-state index contributed by atoms with van der Waals surface area (Å²) in [5.41, 5.74) is -0.359. The van der Waals surface area contributed by atoms with Crippen molar-refractivity contribution in [2.24, 2.45) is 23.7 Å². The number of carbonyl (C=O) groups excluding carboxylic acids is 1. The van der Waals surface area contributed by atoms with Crippen LogP contribution in [0.4, 0.5) is 0 Å². The molecule has 6 nitrogen and oxygen atoms in total. The van der Waals surface area contributed by atoms with Crippen molar-refractivity contribution in [2.75, 3.05) is 0 Å². The summed E-state index contributed by atoms with van der Waals surface area (Å²) < 4.78 is 12.7. The molecule has 1 aliphatic carbocycles. The number of hydrogen-bond acceptors (Lipinski definition) is 6. The maximum atomic E-state index is 11.6. The van der Waals surface area contributed by atoms with Gasteiger partial charge in [0.25, 0.3) is 0 Å². The summed E-state index contributed by atoms with van der Waals surface area (Å²) in [7, 11) is 0. The predicted octanol–water partition coefficient (Wildman–Crippen LogP) is 3.13. The van der Waals surface area contributed by atoms with E-state index in [9.17, 15) is 9.90 Å². The molecule has 6 heteroatoms. The second kappa shape index (κ2) is 6.63. The molecule has 0 amide bonds. The summed E-state index contributed by atoms with van der Waals surface area (Å²) in [6.45, 7) is 11.5. The van der Waals surface area contributed by atoms with Gasteiger partial charge in [-0.05, 0) is 50.9 Å². The average Bonchev–Trinajstić information content (AvgIpc) is 2.84. The number of Topliss-reactive ketones (excluding diaryl/α,β-unsaturated/α-hetero) is 1. The van der Waals surface area contributed by atoms with Crippen LogP contribution in [-0.4, -0.2) is 40.8 Å². The first kappa shape index (κ1) is 19.5. The van der Waals surface area contributed by atoms with Gasteiger partial charge in [0, 0.05) is 24.3 Å². The number of fused-ring (bicyclic) bond motifs is 2. The van der Waals surface area contributed by atoms with Crippen molar-refractivity contribution >= 4 is 5.78 Å². The van der Waals surface area contributed by atoms with E-state index < -0.39 is 23.8 Å². The second-order valence-corrected chi connectivity index (χ2v) is 9.28.